The van der Waals surface area contributed by atoms with Crippen LogP contribution in [0.25, 0.3) is 10.6 Å². The Morgan fingerprint density at radius 2 is 2.00 bits per heavy atom. The molecule has 0 bridgehead atoms. The highest BCUT2D eigenvalue weighted by Gasteiger charge is 2.15. The third-order valence-corrected chi connectivity index (χ3v) is 4.73. The molecule has 2 aromatic heterocycles. The number of carbonyl (C=O) groups excluding carboxylic acids is 1. The standard InChI is InChI=1S/C16H14N2OS2/c1-11(12-5-3-2-4-6-12)17-15(19)14-10-21-16(18-14)13-7-8-20-9-13/h2-11H,1H3,(H,17,19)/t11-/m0/s1. The molecule has 0 fully saturated rings. The van der Waals surface area contributed by atoms with Gasteiger partial charge in [0, 0.05) is 16.3 Å². The first-order valence-corrected chi connectivity index (χ1v) is 8.40. The molecule has 0 radical (unpaired) electrons. The van der Waals surface area contributed by atoms with Crippen molar-refractivity contribution in [1.82, 2.24) is 10.3 Å². The predicted octanol–water partition coefficient (Wildman–Crippen LogP) is 4.36. The Hall–Kier alpha value is -1.98. The number of rotatable bonds is 4. The van der Waals surface area contributed by atoms with Crippen LogP contribution < -0.4 is 5.32 Å². The van der Waals surface area contributed by atoms with E-state index in [1.807, 2.05) is 54.1 Å². The summed E-state index contributed by atoms with van der Waals surface area (Å²) in [6, 6.07) is 11.9. The van der Waals surface area contributed by atoms with Crippen molar-refractivity contribution >= 4 is 28.6 Å². The highest BCUT2D eigenvalue weighted by molar-refractivity contribution is 7.14. The zero-order chi connectivity index (χ0) is 14.7. The largest absolute Gasteiger partial charge is 0.344 e. The van der Waals surface area contributed by atoms with Crippen molar-refractivity contribution in [3.05, 3.63) is 63.8 Å². The lowest BCUT2D eigenvalue weighted by Crippen LogP contribution is -2.26. The molecule has 1 atom stereocenters. The minimum absolute atomic E-state index is 0.0370. The lowest BCUT2D eigenvalue weighted by Gasteiger charge is -2.13. The van der Waals surface area contributed by atoms with Crippen molar-refractivity contribution in [3.63, 3.8) is 0 Å². The van der Waals surface area contributed by atoms with E-state index in [4.69, 9.17) is 0 Å². The SMILES string of the molecule is C[C@H](NC(=O)c1csc(-c2ccsc2)n1)c1ccccc1. The van der Waals surface area contributed by atoms with Gasteiger partial charge in [0.2, 0.25) is 0 Å². The van der Waals surface area contributed by atoms with E-state index in [2.05, 4.69) is 10.3 Å². The van der Waals surface area contributed by atoms with E-state index in [0.717, 1.165) is 16.1 Å². The number of nitrogens with zero attached hydrogens (tertiary/aromatic N) is 1. The Labute approximate surface area is 131 Å². The van der Waals surface area contributed by atoms with E-state index < -0.39 is 0 Å². The molecule has 0 saturated heterocycles. The normalized spacial score (nSPS) is 12.0. The molecule has 3 nitrogen and oxygen atoms in total. The van der Waals surface area contributed by atoms with Gasteiger partial charge in [-0.1, -0.05) is 30.3 Å². The highest BCUT2D eigenvalue weighted by Crippen LogP contribution is 2.25. The van der Waals surface area contributed by atoms with E-state index >= 15 is 0 Å². The lowest BCUT2D eigenvalue weighted by atomic mass is 10.1. The lowest BCUT2D eigenvalue weighted by molar-refractivity contribution is 0.0935. The zero-order valence-corrected chi connectivity index (χ0v) is 13.1. The summed E-state index contributed by atoms with van der Waals surface area (Å²) in [7, 11) is 0. The molecule has 3 rings (SSSR count). The summed E-state index contributed by atoms with van der Waals surface area (Å²) < 4.78 is 0. The summed E-state index contributed by atoms with van der Waals surface area (Å²) in [5.41, 5.74) is 2.63. The summed E-state index contributed by atoms with van der Waals surface area (Å²) in [5.74, 6) is -0.135. The van der Waals surface area contributed by atoms with Crippen molar-refractivity contribution in [2.75, 3.05) is 0 Å². The molecule has 21 heavy (non-hydrogen) atoms. The van der Waals surface area contributed by atoms with Gasteiger partial charge in [0.1, 0.15) is 10.7 Å². The fourth-order valence-corrected chi connectivity index (χ4v) is 3.50. The molecule has 106 valence electrons. The number of thiophene rings is 1. The molecule has 0 aliphatic rings. The Morgan fingerprint density at radius 3 is 2.71 bits per heavy atom. The number of thiazole rings is 1. The van der Waals surface area contributed by atoms with Gasteiger partial charge in [-0.05, 0) is 23.9 Å². The van der Waals surface area contributed by atoms with Gasteiger partial charge in [-0.3, -0.25) is 4.79 Å². The number of carbonyl (C=O) groups is 1. The zero-order valence-electron chi connectivity index (χ0n) is 11.4. The minimum Gasteiger partial charge on any atom is -0.344 e. The summed E-state index contributed by atoms with van der Waals surface area (Å²) in [6.07, 6.45) is 0. The summed E-state index contributed by atoms with van der Waals surface area (Å²) in [5, 5.41) is 9.71. The quantitative estimate of drug-likeness (QED) is 0.777. The van der Waals surface area contributed by atoms with Crippen LogP contribution in [0.3, 0.4) is 0 Å². The van der Waals surface area contributed by atoms with Crippen molar-refractivity contribution in [2.24, 2.45) is 0 Å². The van der Waals surface area contributed by atoms with Gasteiger partial charge >= 0.3 is 0 Å². The van der Waals surface area contributed by atoms with Crippen LogP contribution in [0.1, 0.15) is 29.0 Å². The molecule has 0 aliphatic carbocycles. The number of hydrogen-bond donors (Lipinski definition) is 1. The van der Waals surface area contributed by atoms with Crippen molar-refractivity contribution in [2.45, 2.75) is 13.0 Å². The first kappa shape index (κ1) is 14.0. The van der Waals surface area contributed by atoms with Crippen LogP contribution in [0.15, 0.2) is 52.5 Å². The Balaban J connectivity index is 1.71. The molecule has 1 aromatic carbocycles. The predicted molar refractivity (Wildman–Crippen MR) is 87.8 cm³/mol. The Morgan fingerprint density at radius 1 is 1.19 bits per heavy atom. The van der Waals surface area contributed by atoms with Gasteiger partial charge in [0.15, 0.2) is 0 Å². The Bertz CT molecular complexity index is 720. The first-order chi connectivity index (χ1) is 10.2. The second-order valence-corrected chi connectivity index (χ2v) is 6.29. The third-order valence-electron chi connectivity index (χ3n) is 3.15. The van der Waals surface area contributed by atoms with E-state index in [0.29, 0.717) is 5.69 Å². The topological polar surface area (TPSA) is 42.0 Å². The van der Waals surface area contributed by atoms with Crippen LogP contribution in [-0.2, 0) is 0 Å². The van der Waals surface area contributed by atoms with Crippen molar-refractivity contribution in [1.29, 1.82) is 0 Å². The van der Waals surface area contributed by atoms with Crippen LogP contribution in [0.4, 0.5) is 0 Å². The molecular weight excluding hydrogens is 300 g/mol. The number of benzene rings is 1. The fourth-order valence-electron chi connectivity index (χ4n) is 1.99. The average molecular weight is 314 g/mol. The fraction of sp³-hybridized carbons (Fsp3) is 0.125. The first-order valence-electron chi connectivity index (χ1n) is 6.58. The van der Waals surface area contributed by atoms with Crippen LogP contribution >= 0.6 is 22.7 Å². The number of amides is 1. The Kier molecular flexibility index (Phi) is 4.13. The van der Waals surface area contributed by atoms with E-state index in [1.54, 1.807) is 16.7 Å². The van der Waals surface area contributed by atoms with Gasteiger partial charge in [-0.15, -0.1) is 11.3 Å². The van der Waals surface area contributed by atoms with Gasteiger partial charge in [-0.2, -0.15) is 11.3 Å². The maximum absolute atomic E-state index is 12.2. The van der Waals surface area contributed by atoms with Gasteiger partial charge in [0.25, 0.3) is 5.91 Å². The maximum Gasteiger partial charge on any atom is 0.271 e. The maximum atomic E-state index is 12.2. The molecule has 0 spiro atoms. The van der Waals surface area contributed by atoms with Gasteiger partial charge in [-0.25, -0.2) is 4.98 Å². The van der Waals surface area contributed by atoms with E-state index in [1.165, 1.54) is 11.3 Å². The number of aromatic nitrogens is 1. The second kappa shape index (κ2) is 6.20. The van der Waals surface area contributed by atoms with Crippen LogP contribution in [0.5, 0.6) is 0 Å². The van der Waals surface area contributed by atoms with Gasteiger partial charge < -0.3 is 5.32 Å². The number of nitrogens with one attached hydrogen (secondary N) is 1. The molecule has 0 saturated carbocycles. The van der Waals surface area contributed by atoms with E-state index in [9.17, 15) is 4.79 Å². The molecule has 2 heterocycles. The van der Waals surface area contributed by atoms with Crippen molar-refractivity contribution in [3.8, 4) is 10.6 Å². The van der Waals surface area contributed by atoms with Crippen LogP contribution in [0.2, 0.25) is 0 Å². The molecule has 1 amide bonds. The van der Waals surface area contributed by atoms with Gasteiger partial charge in [0.05, 0.1) is 6.04 Å². The molecule has 5 heteroatoms. The highest BCUT2D eigenvalue weighted by atomic mass is 32.1. The molecule has 3 aromatic rings. The second-order valence-electron chi connectivity index (χ2n) is 4.66. The molecule has 1 N–H and O–H groups in total. The van der Waals surface area contributed by atoms with E-state index in [-0.39, 0.29) is 11.9 Å². The molecule has 0 unspecified atom stereocenters. The summed E-state index contributed by atoms with van der Waals surface area (Å²) in [6.45, 7) is 1.97. The smallest absolute Gasteiger partial charge is 0.271 e. The molecular formula is C16H14N2OS2. The summed E-state index contributed by atoms with van der Waals surface area (Å²) >= 11 is 3.12. The van der Waals surface area contributed by atoms with Crippen molar-refractivity contribution < 1.29 is 4.79 Å². The van der Waals surface area contributed by atoms with Crippen LogP contribution in [0, 0.1) is 0 Å². The van der Waals surface area contributed by atoms with Crippen LogP contribution in [-0.4, -0.2) is 10.9 Å². The summed E-state index contributed by atoms with van der Waals surface area (Å²) in [4.78, 5) is 16.7. The monoisotopic (exact) mass is 314 g/mol. The number of hydrogen-bond acceptors (Lipinski definition) is 4. The average Bonchev–Trinajstić information content (AvgIpc) is 3.19. The molecule has 0 aliphatic heterocycles. The minimum atomic E-state index is -0.135. The third kappa shape index (κ3) is 3.20.